The number of rotatable bonds is 1. The fraction of sp³-hybridized carbons (Fsp3) is 0.250. The third kappa shape index (κ3) is 1.94. The zero-order valence-electron chi connectivity index (χ0n) is 10.9. The van der Waals surface area contributed by atoms with E-state index < -0.39 is 0 Å². The molecule has 0 bridgehead atoms. The molecule has 0 aliphatic carbocycles. The fourth-order valence-electron chi connectivity index (χ4n) is 2.57. The van der Waals surface area contributed by atoms with E-state index in [0.717, 1.165) is 13.1 Å². The Balaban J connectivity index is 2.18. The van der Waals surface area contributed by atoms with Crippen LogP contribution in [-0.2, 0) is 13.1 Å². The third-order valence-electron chi connectivity index (χ3n) is 3.60. The Hall–Kier alpha value is -1.64. The Morgan fingerprint density at radius 1 is 0.778 bits per heavy atom. The molecule has 2 nitrogen and oxygen atoms in total. The largest absolute Gasteiger partial charge is 0.247 e. The normalized spacial score (nSPS) is 15.1. The first-order valence-corrected chi connectivity index (χ1v) is 6.34. The summed E-state index contributed by atoms with van der Waals surface area (Å²) in [7, 11) is 4.22. The monoisotopic (exact) mass is 238 g/mol. The molecule has 0 saturated carbocycles. The predicted molar refractivity (Wildman–Crippen MR) is 74.8 cm³/mol. The lowest BCUT2D eigenvalue weighted by Gasteiger charge is -2.27. The molecule has 1 heterocycles. The van der Waals surface area contributed by atoms with Crippen molar-refractivity contribution in [2.24, 2.45) is 0 Å². The zero-order valence-corrected chi connectivity index (χ0v) is 10.9. The van der Waals surface area contributed by atoms with E-state index in [-0.39, 0.29) is 0 Å². The van der Waals surface area contributed by atoms with Crippen LogP contribution >= 0.6 is 0 Å². The van der Waals surface area contributed by atoms with Gasteiger partial charge in [-0.25, -0.2) is 10.0 Å². The molecule has 2 aromatic rings. The maximum absolute atomic E-state index is 2.37. The van der Waals surface area contributed by atoms with Crippen LogP contribution < -0.4 is 0 Å². The van der Waals surface area contributed by atoms with Crippen molar-refractivity contribution in [3.05, 3.63) is 59.7 Å². The quantitative estimate of drug-likeness (QED) is 0.753. The number of hydrazine groups is 1. The minimum atomic E-state index is 0.970. The summed E-state index contributed by atoms with van der Waals surface area (Å²) in [6.45, 7) is 1.94. The highest BCUT2D eigenvalue weighted by atomic mass is 15.6. The van der Waals surface area contributed by atoms with Gasteiger partial charge in [0.25, 0.3) is 0 Å². The smallest absolute Gasteiger partial charge is 0.0393 e. The molecule has 3 rings (SSSR count). The summed E-state index contributed by atoms with van der Waals surface area (Å²) in [5.41, 5.74) is 5.54. The van der Waals surface area contributed by atoms with E-state index in [1.54, 1.807) is 0 Å². The van der Waals surface area contributed by atoms with Crippen LogP contribution in [0.4, 0.5) is 0 Å². The number of nitrogens with zero attached hydrogens (tertiary/aromatic N) is 2. The highest BCUT2D eigenvalue weighted by molar-refractivity contribution is 5.71. The first kappa shape index (κ1) is 11.5. The second kappa shape index (κ2) is 4.56. The van der Waals surface area contributed by atoms with Crippen LogP contribution in [0.1, 0.15) is 11.1 Å². The van der Waals surface area contributed by atoms with Gasteiger partial charge in [-0.1, -0.05) is 48.5 Å². The number of benzene rings is 2. The lowest BCUT2D eigenvalue weighted by Crippen LogP contribution is -2.35. The fourth-order valence-corrected chi connectivity index (χ4v) is 2.57. The minimum Gasteiger partial charge on any atom is -0.247 e. The third-order valence-corrected chi connectivity index (χ3v) is 3.60. The van der Waals surface area contributed by atoms with Gasteiger partial charge >= 0.3 is 0 Å². The summed E-state index contributed by atoms with van der Waals surface area (Å²) < 4.78 is 0. The van der Waals surface area contributed by atoms with Gasteiger partial charge < -0.3 is 0 Å². The van der Waals surface area contributed by atoms with Crippen molar-refractivity contribution in [2.45, 2.75) is 13.1 Å². The van der Waals surface area contributed by atoms with Crippen molar-refractivity contribution in [3.63, 3.8) is 0 Å². The Kier molecular flexibility index (Phi) is 2.90. The van der Waals surface area contributed by atoms with Gasteiger partial charge in [0.2, 0.25) is 0 Å². The first-order chi connectivity index (χ1) is 8.75. The number of hydrogen-bond donors (Lipinski definition) is 0. The molecule has 0 amide bonds. The molecule has 0 spiro atoms. The van der Waals surface area contributed by atoms with Crippen molar-refractivity contribution < 1.29 is 0 Å². The lowest BCUT2D eigenvalue weighted by atomic mass is 9.97. The predicted octanol–water partition coefficient (Wildman–Crippen LogP) is 3.15. The average molecular weight is 238 g/mol. The maximum Gasteiger partial charge on any atom is 0.0393 e. The molecular weight excluding hydrogens is 220 g/mol. The van der Waals surface area contributed by atoms with Gasteiger partial charge in [-0.05, 0) is 22.3 Å². The van der Waals surface area contributed by atoms with E-state index in [0.29, 0.717) is 0 Å². The summed E-state index contributed by atoms with van der Waals surface area (Å²) in [6, 6.07) is 17.4. The Morgan fingerprint density at radius 3 is 1.67 bits per heavy atom. The van der Waals surface area contributed by atoms with Crippen LogP contribution in [-0.4, -0.2) is 24.1 Å². The van der Waals surface area contributed by atoms with Crippen molar-refractivity contribution in [1.29, 1.82) is 0 Å². The van der Waals surface area contributed by atoms with E-state index >= 15 is 0 Å². The molecule has 2 aromatic carbocycles. The van der Waals surface area contributed by atoms with Gasteiger partial charge in [0.15, 0.2) is 0 Å². The van der Waals surface area contributed by atoms with Gasteiger partial charge in [-0.15, -0.1) is 0 Å². The van der Waals surface area contributed by atoms with Crippen LogP contribution in [0.3, 0.4) is 0 Å². The molecule has 1 aliphatic heterocycles. The van der Waals surface area contributed by atoms with Gasteiger partial charge in [0.1, 0.15) is 0 Å². The molecule has 1 aliphatic rings. The van der Waals surface area contributed by atoms with Gasteiger partial charge in [0, 0.05) is 27.2 Å². The van der Waals surface area contributed by atoms with Crippen LogP contribution in [0, 0.1) is 0 Å². The zero-order chi connectivity index (χ0) is 12.5. The molecule has 2 heteroatoms. The second-order valence-corrected chi connectivity index (χ2v) is 4.98. The van der Waals surface area contributed by atoms with Crippen molar-refractivity contribution >= 4 is 0 Å². The highest BCUT2D eigenvalue weighted by Gasteiger charge is 2.19. The summed E-state index contributed by atoms with van der Waals surface area (Å²) in [6.07, 6.45) is 0. The average Bonchev–Trinajstić information content (AvgIpc) is 2.55. The summed E-state index contributed by atoms with van der Waals surface area (Å²) in [5.74, 6) is 0. The first-order valence-electron chi connectivity index (χ1n) is 6.34. The topological polar surface area (TPSA) is 6.48 Å². The van der Waals surface area contributed by atoms with Gasteiger partial charge in [-0.3, -0.25) is 0 Å². The van der Waals surface area contributed by atoms with Crippen molar-refractivity contribution in [2.75, 3.05) is 14.1 Å². The summed E-state index contributed by atoms with van der Waals surface area (Å²) in [4.78, 5) is 0. The second-order valence-electron chi connectivity index (χ2n) is 4.98. The molecule has 18 heavy (non-hydrogen) atoms. The van der Waals surface area contributed by atoms with E-state index in [1.165, 1.54) is 22.3 Å². The Bertz CT molecular complexity index is 513. The van der Waals surface area contributed by atoms with Crippen LogP contribution in [0.15, 0.2) is 48.5 Å². The van der Waals surface area contributed by atoms with Crippen molar-refractivity contribution in [3.8, 4) is 11.1 Å². The number of fused-ring (bicyclic) bond motifs is 3. The molecular formula is C16H18N2. The van der Waals surface area contributed by atoms with Gasteiger partial charge in [0.05, 0.1) is 0 Å². The molecule has 0 atom stereocenters. The number of hydrogen-bond acceptors (Lipinski definition) is 2. The van der Waals surface area contributed by atoms with E-state index in [9.17, 15) is 0 Å². The molecule has 0 radical (unpaired) electrons. The standard InChI is InChI=1S/C16H18N2/c1-17(2)18-11-13-7-3-5-9-15(13)16-10-6-4-8-14(16)12-18/h3-10H,11-12H2,1-2H3. The molecule has 0 saturated heterocycles. The SMILES string of the molecule is CN(C)N1Cc2ccccc2-c2ccccc2C1. The van der Waals surface area contributed by atoms with E-state index in [1.807, 2.05) is 0 Å². The van der Waals surface area contributed by atoms with Crippen LogP contribution in [0.2, 0.25) is 0 Å². The lowest BCUT2D eigenvalue weighted by molar-refractivity contribution is 0.00858. The maximum atomic E-state index is 2.37. The molecule has 0 aromatic heterocycles. The Morgan fingerprint density at radius 2 is 1.22 bits per heavy atom. The van der Waals surface area contributed by atoms with Crippen molar-refractivity contribution in [1.82, 2.24) is 10.0 Å². The molecule has 0 N–H and O–H groups in total. The molecule has 0 unspecified atom stereocenters. The Labute approximate surface area is 108 Å². The molecule has 0 fully saturated rings. The highest BCUT2D eigenvalue weighted by Crippen LogP contribution is 2.32. The van der Waals surface area contributed by atoms with Gasteiger partial charge in [-0.2, -0.15) is 0 Å². The molecule has 92 valence electrons. The van der Waals surface area contributed by atoms with E-state index in [4.69, 9.17) is 0 Å². The van der Waals surface area contributed by atoms with E-state index in [2.05, 4.69) is 72.6 Å². The van der Waals surface area contributed by atoms with Crippen LogP contribution in [0.5, 0.6) is 0 Å². The minimum absolute atomic E-state index is 0.970. The van der Waals surface area contributed by atoms with Crippen LogP contribution in [0.25, 0.3) is 11.1 Å². The summed E-state index contributed by atoms with van der Waals surface area (Å²) in [5, 5.41) is 4.55. The summed E-state index contributed by atoms with van der Waals surface area (Å²) >= 11 is 0.